The number of rotatable bonds is 3. The average Bonchev–Trinajstić information content (AvgIpc) is 3.14. The molecule has 4 nitrogen and oxygen atoms in total. The van der Waals surface area contributed by atoms with Gasteiger partial charge in [0.1, 0.15) is 5.75 Å². The van der Waals surface area contributed by atoms with Crippen LogP contribution in [0.5, 0.6) is 5.75 Å². The van der Waals surface area contributed by atoms with Crippen LogP contribution in [0.3, 0.4) is 0 Å². The summed E-state index contributed by atoms with van der Waals surface area (Å²) in [6, 6.07) is 7.20. The van der Waals surface area contributed by atoms with Gasteiger partial charge in [0.15, 0.2) is 0 Å². The molecule has 3 fully saturated rings. The van der Waals surface area contributed by atoms with E-state index < -0.39 is 0 Å². The van der Waals surface area contributed by atoms with Gasteiger partial charge in [-0.15, -0.1) is 0 Å². The summed E-state index contributed by atoms with van der Waals surface area (Å²) in [5.41, 5.74) is 0.648. The van der Waals surface area contributed by atoms with E-state index in [9.17, 15) is 9.59 Å². The summed E-state index contributed by atoms with van der Waals surface area (Å²) in [6.45, 7) is 2.51. The minimum atomic E-state index is -0.169. The first-order valence-electron chi connectivity index (χ1n) is 7.93. The minimum Gasteiger partial charge on any atom is -0.494 e. The van der Waals surface area contributed by atoms with Crippen molar-refractivity contribution in [2.75, 3.05) is 11.5 Å². The molecule has 4 rings (SSSR count). The van der Waals surface area contributed by atoms with Gasteiger partial charge >= 0.3 is 0 Å². The third kappa shape index (κ3) is 2.14. The predicted octanol–water partition coefficient (Wildman–Crippen LogP) is 3.37. The number of fused-ring (bicyclic) bond motifs is 5. The van der Waals surface area contributed by atoms with Gasteiger partial charge in [-0.3, -0.25) is 14.5 Å². The molecule has 23 heavy (non-hydrogen) atoms. The Kier molecular flexibility index (Phi) is 3.80. The number of hydrogen-bond acceptors (Lipinski definition) is 3. The van der Waals surface area contributed by atoms with Gasteiger partial charge < -0.3 is 4.74 Å². The third-order valence-electron chi connectivity index (χ3n) is 5.39. The summed E-state index contributed by atoms with van der Waals surface area (Å²) in [4.78, 5) is 27.7. The number of carbonyl (C=O) groups excluding carboxylic acids is 2. The van der Waals surface area contributed by atoms with Crippen LogP contribution in [-0.2, 0) is 9.59 Å². The van der Waals surface area contributed by atoms with Crippen LogP contribution >= 0.6 is 31.9 Å². The molecule has 0 N–H and O–H groups in total. The van der Waals surface area contributed by atoms with Crippen molar-refractivity contribution in [3.8, 4) is 5.75 Å². The zero-order valence-electron chi connectivity index (χ0n) is 12.6. The van der Waals surface area contributed by atoms with Gasteiger partial charge in [0.25, 0.3) is 0 Å². The van der Waals surface area contributed by atoms with Crippen LogP contribution in [0.4, 0.5) is 5.69 Å². The van der Waals surface area contributed by atoms with Crippen LogP contribution in [0, 0.1) is 23.7 Å². The molecule has 3 aliphatic rings. The second-order valence-corrected chi connectivity index (χ2v) is 8.56. The number of amides is 2. The molecule has 0 spiro atoms. The number of carbonyl (C=O) groups is 2. The Bertz CT molecular complexity index is 630. The van der Waals surface area contributed by atoms with Gasteiger partial charge in [0, 0.05) is 9.65 Å². The molecule has 1 aromatic carbocycles. The molecule has 6 heteroatoms. The normalized spacial score (nSPS) is 38.3. The number of halogens is 2. The van der Waals surface area contributed by atoms with E-state index in [0.29, 0.717) is 12.3 Å². The van der Waals surface area contributed by atoms with Gasteiger partial charge in [-0.2, -0.15) is 0 Å². The Labute approximate surface area is 151 Å². The summed E-state index contributed by atoms with van der Waals surface area (Å²) in [6.07, 6.45) is 0.954. The molecule has 2 saturated carbocycles. The van der Waals surface area contributed by atoms with E-state index in [1.165, 1.54) is 4.90 Å². The van der Waals surface area contributed by atoms with Crippen LogP contribution < -0.4 is 9.64 Å². The van der Waals surface area contributed by atoms with E-state index in [1.54, 1.807) is 12.1 Å². The predicted molar refractivity (Wildman–Crippen MR) is 94.1 cm³/mol. The molecule has 2 amide bonds. The summed E-state index contributed by atoms with van der Waals surface area (Å²) in [7, 11) is 0. The SMILES string of the molecule is CCOc1ccc(N2C(=O)[C@H]3[C@@H]4C[C@@H]([C@H](Br)[C@@H]4Br)[C@@H]3C2=O)cc1. The minimum absolute atomic E-state index is 0.0412. The van der Waals surface area contributed by atoms with E-state index in [4.69, 9.17) is 4.74 Å². The maximum Gasteiger partial charge on any atom is 0.238 e. The Morgan fingerprint density at radius 3 is 2.04 bits per heavy atom. The molecule has 0 aromatic heterocycles. The van der Waals surface area contributed by atoms with Gasteiger partial charge in [0.2, 0.25) is 11.8 Å². The average molecular weight is 443 g/mol. The lowest BCUT2D eigenvalue weighted by molar-refractivity contribution is -0.123. The highest BCUT2D eigenvalue weighted by atomic mass is 79.9. The number of nitrogens with zero attached hydrogens (tertiary/aromatic N) is 1. The van der Waals surface area contributed by atoms with Gasteiger partial charge in [-0.05, 0) is 49.4 Å². The first-order valence-corrected chi connectivity index (χ1v) is 9.76. The van der Waals surface area contributed by atoms with Gasteiger partial charge in [-0.25, -0.2) is 0 Å². The molecule has 6 atom stereocenters. The molecule has 2 aliphatic carbocycles. The smallest absolute Gasteiger partial charge is 0.238 e. The molecule has 1 aromatic rings. The summed E-state index contributed by atoms with van der Waals surface area (Å²) < 4.78 is 5.42. The lowest BCUT2D eigenvalue weighted by atomic mass is 9.81. The van der Waals surface area contributed by atoms with Crippen LogP contribution in [0.15, 0.2) is 24.3 Å². The summed E-state index contributed by atoms with van der Waals surface area (Å²) in [5, 5.41) is 0. The van der Waals surface area contributed by atoms with Crippen molar-refractivity contribution >= 4 is 49.4 Å². The standard InChI is InChI=1S/C17H17Br2NO3/c1-2-23-9-5-3-8(4-6-9)20-16(21)12-10-7-11(13(12)17(20)22)15(19)14(10)18/h3-6,10-15H,2,7H2,1H3/t10-,11+,12-,13-,14+,15-/m0/s1. The fourth-order valence-corrected chi connectivity index (χ4v) is 6.33. The number of hydrogen-bond donors (Lipinski definition) is 0. The van der Waals surface area contributed by atoms with Crippen molar-refractivity contribution in [3.63, 3.8) is 0 Å². The summed E-state index contributed by atoms with van der Waals surface area (Å²) in [5.74, 6) is 0.823. The van der Waals surface area contributed by atoms with Crippen molar-refractivity contribution < 1.29 is 14.3 Å². The number of alkyl halides is 2. The molecule has 1 aliphatic heterocycles. The lowest BCUT2D eigenvalue weighted by Crippen LogP contribution is -2.37. The van der Waals surface area contributed by atoms with Crippen molar-refractivity contribution in [3.05, 3.63) is 24.3 Å². The molecule has 0 unspecified atom stereocenters. The molecular weight excluding hydrogens is 426 g/mol. The number of imide groups is 1. The van der Waals surface area contributed by atoms with Crippen LogP contribution in [0.2, 0.25) is 0 Å². The quantitative estimate of drug-likeness (QED) is 0.532. The summed E-state index contributed by atoms with van der Waals surface area (Å²) >= 11 is 7.40. The maximum atomic E-state index is 12.9. The maximum absolute atomic E-state index is 12.9. The number of benzene rings is 1. The van der Waals surface area contributed by atoms with Gasteiger partial charge in [-0.1, -0.05) is 31.9 Å². The fraction of sp³-hybridized carbons (Fsp3) is 0.529. The first kappa shape index (κ1) is 15.6. The molecule has 0 radical (unpaired) electrons. The highest BCUT2D eigenvalue weighted by Gasteiger charge is 2.66. The van der Waals surface area contributed by atoms with E-state index in [1.807, 2.05) is 19.1 Å². The zero-order chi connectivity index (χ0) is 16.3. The van der Waals surface area contributed by atoms with E-state index >= 15 is 0 Å². The Balaban J connectivity index is 1.64. The van der Waals surface area contributed by atoms with Crippen molar-refractivity contribution in [1.82, 2.24) is 0 Å². The van der Waals surface area contributed by atoms with Crippen LogP contribution in [0.25, 0.3) is 0 Å². The molecular formula is C17H17Br2NO3. The second kappa shape index (κ2) is 5.59. The lowest BCUT2D eigenvalue weighted by Gasteiger charge is -2.28. The van der Waals surface area contributed by atoms with Crippen LogP contribution in [0.1, 0.15) is 13.3 Å². The topological polar surface area (TPSA) is 46.6 Å². The Morgan fingerprint density at radius 1 is 1.04 bits per heavy atom. The molecule has 1 saturated heterocycles. The zero-order valence-corrected chi connectivity index (χ0v) is 15.8. The van der Waals surface area contributed by atoms with Crippen molar-refractivity contribution in [2.24, 2.45) is 23.7 Å². The monoisotopic (exact) mass is 441 g/mol. The number of ether oxygens (including phenoxy) is 1. The molecule has 1 heterocycles. The van der Waals surface area contributed by atoms with Crippen LogP contribution in [-0.4, -0.2) is 28.1 Å². The third-order valence-corrected chi connectivity index (χ3v) is 8.60. The van der Waals surface area contributed by atoms with Crippen molar-refractivity contribution in [1.29, 1.82) is 0 Å². The fourth-order valence-electron chi connectivity index (χ4n) is 4.46. The van der Waals surface area contributed by atoms with Crippen molar-refractivity contribution in [2.45, 2.75) is 23.0 Å². The van der Waals surface area contributed by atoms with Gasteiger partial charge in [0.05, 0.1) is 24.1 Å². The first-order chi connectivity index (χ1) is 11.0. The Hall–Kier alpha value is -0.880. The highest BCUT2D eigenvalue weighted by Crippen LogP contribution is 2.60. The Morgan fingerprint density at radius 2 is 1.57 bits per heavy atom. The molecule has 122 valence electrons. The molecule has 2 bridgehead atoms. The van der Waals surface area contributed by atoms with E-state index in [-0.39, 0.29) is 45.1 Å². The largest absolute Gasteiger partial charge is 0.494 e. The number of anilines is 1. The highest BCUT2D eigenvalue weighted by molar-refractivity contribution is 9.12. The second-order valence-electron chi connectivity index (χ2n) is 6.44. The van der Waals surface area contributed by atoms with E-state index in [0.717, 1.165) is 12.2 Å². The van der Waals surface area contributed by atoms with E-state index in [2.05, 4.69) is 31.9 Å².